The third kappa shape index (κ3) is 7.43. The molecule has 4 aliphatic heterocycles. The van der Waals surface area contributed by atoms with Gasteiger partial charge in [-0.1, -0.05) is 71.3 Å². The lowest BCUT2D eigenvalue weighted by atomic mass is 9.74. The van der Waals surface area contributed by atoms with E-state index in [1.165, 1.54) is 0 Å². The van der Waals surface area contributed by atoms with E-state index in [0.717, 1.165) is 31.6 Å². The minimum atomic E-state index is -1.40. The summed E-state index contributed by atoms with van der Waals surface area (Å²) in [7, 11) is 0. The molecular formula is C40H49BrN4O7. The molecule has 0 aliphatic carbocycles. The zero-order valence-electron chi connectivity index (χ0n) is 29.9. The number of likely N-dealkylation sites (tertiary alicyclic amines) is 1. The summed E-state index contributed by atoms with van der Waals surface area (Å²) in [6.45, 7) is 6.53. The van der Waals surface area contributed by atoms with Gasteiger partial charge in [-0.25, -0.2) is 0 Å². The Morgan fingerprint density at radius 1 is 0.942 bits per heavy atom. The van der Waals surface area contributed by atoms with Crippen LogP contribution >= 0.6 is 15.9 Å². The lowest BCUT2D eigenvalue weighted by Gasteiger charge is -2.36. The van der Waals surface area contributed by atoms with Crippen molar-refractivity contribution >= 4 is 51.0 Å². The first kappa shape index (κ1) is 37.7. The van der Waals surface area contributed by atoms with Crippen molar-refractivity contribution in [3.05, 3.63) is 82.9 Å². The van der Waals surface area contributed by atoms with Crippen molar-refractivity contribution in [2.45, 2.75) is 76.2 Å². The first-order valence-corrected chi connectivity index (χ1v) is 19.3. The maximum atomic E-state index is 15.2. The molecule has 6 atom stereocenters. The van der Waals surface area contributed by atoms with E-state index in [9.17, 15) is 19.5 Å². The van der Waals surface area contributed by atoms with E-state index in [4.69, 9.17) is 9.47 Å². The summed E-state index contributed by atoms with van der Waals surface area (Å²) in [5.41, 5.74) is 1.00. The average molecular weight is 778 g/mol. The highest BCUT2D eigenvalue weighted by molar-refractivity contribution is 9.11. The minimum absolute atomic E-state index is 0.0651. The number of cyclic esters (lactones) is 1. The highest BCUT2D eigenvalue weighted by Crippen LogP contribution is 2.59. The van der Waals surface area contributed by atoms with Crippen LogP contribution in [0.15, 0.2) is 77.3 Å². The standard InChI is InChI=1S/C40H49BrN4O7/c1-3-43(4-2)28-18-20-29(21-19-28)44-22-13-8-11-17-32(47)42-26-31(27-15-9-7-10-16-27)51-39(50)33-34-37(48)45(23-12-5-6-14-24-46)36(38(44)49)40(34)25-30(41)35(33)52-40/h7-10,13,15-16,18-21,25,31,33-36,46H,3-6,11-12,14,17,22-24,26H2,1-2H3,(H,42,47)/b13-8-/t31-,33-,34+,35-,36-,40+/m1/s1. The highest BCUT2D eigenvalue weighted by Gasteiger charge is 2.75. The lowest BCUT2D eigenvalue weighted by molar-refractivity contribution is -0.159. The number of esters is 1. The third-order valence-corrected chi connectivity index (χ3v) is 11.4. The van der Waals surface area contributed by atoms with E-state index in [0.29, 0.717) is 41.5 Å². The number of unbranched alkanes of at least 4 members (excludes halogenated alkanes) is 3. The number of hydrogen-bond donors (Lipinski definition) is 2. The smallest absolute Gasteiger partial charge is 0.313 e. The topological polar surface area (TPSA) is 129 Å². The Morgan fingerprint density at radius 3 is 2.38 bits per heavy atom. The van der Waals surface area contributed by atoms with E-state index in [1.54, 1.807) is 9.80 Å². The van der Waals surface area contributed by atoms with Crippen LogP contribution in [0.4, 0.5) is 11.4 Å². The third-order valence-electron chi connectivity index (χ3n) is 10.7. The van der Waals surface area contributed by atoms with Crippen LogP contribution in [0.5, 0.6) is 0 Å². The Kier molecular flexibility index (Phi) is 12.2. The van der Waals surface area contributed by atoms with Gasteiger partial charge in [-0.3, -0.25) is 19.2 Å². The lowest BCUT2D eigenvalue weighted by Crippen LogP contribution is -2.56. The van der Waals surface area contributed by atoms with Gasteiger partial charge in [0.2, 0.25) is 11.8 Å². The Bertz CT molecular complexity index is 1660. The van der Waals surface area contributed by atoms with Crippen LogP contribution in [0.2, 0.25) is 0 Å². The first-order valence-electron chi connectivity index (χ1n) is 18.5. The van der Waals surface area contributed by atoms with Gasteiger partial charge in [0.15, 0.2) is 0 Å². The number of amides is 3. The number of hydrogen-bond acceptors (Lipinski definition) is 8. The summed E-state index contributed by atoms with van der Waals surface area (Å²) < 4.78 is 13.5. The van der Waals surface area contributed by atoms with Gasteiger partial charge < -0.3 is 34.6 Å². The molecule has 2 aromatic carbocycles. The van der Waals surface area contributed by atoms with E-state index in [1.807, 2.05) is 72.8 Å². The van der Waals surface area contributed by atoms with Crippen LogP contribution in [-0.4, -0.2) is 90.8 Å². The summed E-state index contributed by atoms with van der Waals surface area (Å²) in [5, 5.41) is 12.2. The van der Waals surface area contributed by atoms with Crippen LogP contribution in [0, 0.1) is 11.8 Å². The number of aliphatic hydroxyl groups is 1. The highest BCUT2D eigenvalue weighted by atomic mass is 79.9. The second kappa shape index (κ2) is 16.8. The molecule has 2 N–H and O–H groups in total. The Labute approximate surface area is 314 Å². The molecule has 12 heteroatoms. The summed E-state index contributed by atoms with van der Waals surface area (Å²) in [4.78, 5) is 62.6. The maximum Gasteiger partial charge on any atom is 0.313 e. The minimum Gasteiger partial charge on any atom is -0.455 e. The molecule has 0 aromatic heterocycles. The monoisotopic (exact) mass is 776 g/mol. The van der Waals surface area contributed by atoms with Crippen molar-refractivity contribution in [1.29, 1.82) is 0 Å². The summed E-state index contributed by atoms with van der Waals surface area (Å²) in [6.07, 6.45) is 7.48. The molecule has 2 aromatic rings. The Hall–Kier alpha value is -4.00. The fourth-order valence-corrected chi connectivity index (χ4v) is 8.81. The van der Waals surface area contributed by atoms with Gasteiger partial charge in [-0.15, -0.1) is 0 Å². The maximum absolute atomic E-state index is 15.2. The first-order chi connectivity index (χ1) is 25.2. The predicted molar refractivity (Wildman–Crippen MR) is 202 cm³/mol. The molecular weight excluding hydrogens is 728 g/mol. The van der Waals surface area contributed by atoms with Crippen LogP contribution in [0.3, 0.4) is 0 Å². The van der Waals surface area contributed by atoms with E-state index >= 15 is 4.79 Å². The van der Waals surface area contributed by atoms with Crippen LogP contribution in [0.25, 0.3) is 0 Å². The average Bonchev–Trinajstić information content (AvgIpc) is 3.75. The van der Waals surface area contributed by atoms with Gasteiger partial charge in [0.05, 0.1) is 12.5 Å². The molecule has 0 radical (unpaired) electrons. The van der Waals surface area contributed by atoms with Crippen molar-refractivity contribution < 1.29 is 33.8 Å². The molecule has 11 nitrogen and oxygen atoms in total. The molecule has 6 rings (SSSR count). The summed E-state index contributed by atoms with van der Waals surface area (Å²) >= 11 is 3.64. The number of benzene rings is 2. The largest absolute Gasteiger partial charge is 0.455 e. The molecule has 52 heavy (non-hydrogen) atoms. The number of nitrogens with one attached hydrogen (secondary N) is 1. The Morgan fingerprint density at radius 2 is 1.67 bits per heavy atom. The van der Waals surface area contributed by atoms with E-state index < -0.39 is 41.7 Å². The molecule has 5 bridgehead atoms. The van der Waals surface area contributed by atoms with Crippen LogP contribution in [-0.2, 0) is 28.7 Å². The predicted octanol–water partition coefficient (Wildman–Crippen LogP) is 5.04. The van der Waals surface area contributed by atoms with Crippen molar-refractivity contribution in [2.24, 2.45) is 11.8 Å². The molecule has 4 aliphatic rings. The fraction of sp³-hybridized carbons (Fsp3) is 0.500. The number of ether oxygens (including phenoxy) is 2. The van der Waals surface area contributed by atoms with Crippen molar-refractivity contribution in [1.82, 2.24) is 10.2 Å². The number of halogens is 1. The molecule has 2 fully saturated rings. The van der Waals surface area contributed by atoms with Crippen LogP contribution in [0.1, 0.15) is 64.0 Å². The Balaban J connectivity index is 1.42. The molecule has 278 valence electrons. The number of nitrogens with zero attached hydrogens (tertiary/aromatic N) is 3. The number of anilines is 2. The SMILES string of the molecule is CCN(CC)c1ccc(N2C/C=C\CCC(=O)NC[C@H](c3ccccc3)OC(=O)[C@H]3[C@@H]4O[C@@]5(C=C4Br)[C@@H]3C(=O)N(CCCCCCO)[C@@H]5C2=O)cc1. The van der Waals surface area contributed by atoms with Gasteiger partial charge in [-0.2, -0.15) is 0 Å². The van der Waals surface area contributed by atoms with Crippen molar-refractivity contribution in [3.8, 4) is 0 Å². The number of fused-ring (bicyclic) bond motifs is 2. The van der Waals surface area contributed by atoms with Gasteiger partial charge >= 0.3 is 5.97 Å². The van der Waals surface area contributed by atoms with Gasteiger partial charge in [0.1, 0.15) is 29.8 Å². The van der Waals surface area contributed by atoms with Gasteiger partial charge in [0.25, 0.3) is 5.91 Å². The molecule has 2 saturated heterocycles. The fourth-order valence-electron chi connectivity index (χ4n) is 8.08. The summed E-state index contributed by atoms with van der Waals surface area (Å²) in [6, 6.07) is 16.0. The zero-order valence-corrected chi connectivity index (χ0v) is 31.5. The molecule has 1 spiro atoms. The summed E-state index contributed by atoms with van der Waals surface area (Å²) in [5.74, 6) is -3.45. The zero-order chi connectivity index (χ0) is 36.8. The molecule has 0 unspecified atom stereocenters. The second-order valence-corrected chi connectivity index (χ2v) is 14.7. The van der Waals surface area contributed by atoms with Gasteiger partial charge in [0, 0.05) is 55.1 Å². The van der Waals surface area contributed by atoms with Gasteiger partial charge in [-0.05, 0) is 69.0 Å². The molecule has 0 saturated carbocycles. The number of aliphatic hydroxyl groups excluding tert-OH is 1. The number of rotatable bonds is 11. The van der Waals surface area contributed by atoms with E-state index in [2.05, 4.69) is 40.0 Å². The van der Waals surface area contributed by atoms with Crippen molar-refractivity contribution in [2.75, 3.05) is 49.1 Å². The van der Waals surface area contributed by atoms with E-state index in [-0.39, 0.29) is 43.8 Å². The molecule has 3 amide bonds. The number of carbonyl (C=O) groups is 4. The second-order valence-electron chi connectivity index (χ2n) is 13.8. The quantitative estimate of drug-likeness (QED) is 0.185. The van der Waals surface area contributed by atoms with Crippen LogP contribution < -0.4 is 15.1 Å². The number of allylic oxidation sites excluding steroid dienone is 1. The van der Waals surface area contributed by atoms with Crippen molar-refractivity contribution in [3.63, 3.8) is 0 Å². The molecule has 4 heterocycles. The number of carbonyl (C=O) groups excluding carboxylic acids is 4. The normalized spacial score (nSPS) is 28.4.